The Hall–Kier alpha value is -6.13. The van der Waals surface area contributed by atoms with Crippen molar-refractivity contribution >= 4 is 60.7 Å². The molecule has 0 aliphatic carbocycles. The molecule has 0 amide bonds. The molecule has 0 saturated carbocycles. The normalized spacial score (nSPS) is 12.4. The lowest BCUT2D eigenvalue weighted by molar-refractivity contribution is 1.12. The first-order chi connectivity index (χ1) is 22.4. The molecule has 6 aromatic carbocycles. The summed E-state index contributed by atoms with van der Waals surface area (Å²) in [7, 11) is 0. The number of hydrogen-bond donors (Lipinski definition) is 0. The van der Waals surface area contributed by atoms with Crippen molar-refractivity contribution in [3.8, 4) is 22.5 Å². The molecule has 0 unspecified atom stereocenters. The standard InChI is InChI=1S/C41H26N4/c1-2-13-29(14-3-1)43-35-19-6-7-20-36(35)45-40-31(17-9-21-38(40)43)32-22-23-37-39(41(32)45)33-16-4-5-18-34(33)44(37)30-15-8-11-27(25-30)28-12-10-24-42-26-28/h1-26H. The van der Waals surface area contributed by atoms with Crippen LogP contribution in [0.3, 0.4) is 0 Å². The molecule has 4 nitrogen and oxygen atoms in total. The molecule has 210 valence electrons. The smallest absolute Gasteiger partial charge is 0.0783 e. The van der Waals surface area contributed by atoms with Gasteiger partial charge in [-0.2, -0.15) is 0 Å². The van der Waals surface area contributed by atoms with Gasteiger partial charge in [-0.15, -0.1) is 0 Å². The van der Waals surface area contributed by atoms with Crippen molar-refractivity contribution in [2.24, 2.45) is 0 Å². The second-order valence-corrected chi connectivity index (χ2v) is 11.7. The molecule has 4 heteroatoms. The molecular formula is C41H26N4. The van der Waals surface area contributed by atoms with E-state index in [9.17, 15) is 0 Å². The Balaban J connectivity index is 1.35. The lowest BCUT2D eigenvalue weighted by Gasteiger charge is -2.33. The van der Waals surface area contributed by atoms with E-state index in [2.05, 4.69) is 159 Å². The molecule has 1 aliphatic heterocycles. The number of aromatic nitrogens is 3. The summed E-state index contributed by atoms with van der Waals surface area (Å²) in [5, 5.41) is 5.03. The minimum Gasteiger partial charge on any atom is -0.309 e. The van der Waals surface area contributed by atoms with Crippen LogP contribution < -0.4 is 4.90 Å². The van der Waals surface area contributed by atoms with Gasteiger partial charge < -0.3 is 14.0 Å². The van der Waals surface area contributed by atoms with Crippen LogP contribution in [0.2, 0.25) is 0 Å². The van der Waals surface area contributed by atoms with E-state index in [1.165, 1.54) is 60.7 Å². The number of nitrogens with zero attached hydrogens (tertiary/aromatic N) is 4. The molecule has 0 spiro atoms. The monoisotopic (exact) mass is 574 g/mol. The molecule has 10 rings (SSSR count). The highest BCUT2D eigenvalue weighted by Crippen LogP contribution is 2.51. The van der Waals surface area contributed by atoms with E-state index in [4.69, 9.17) is 0 Å². The number of rotatable bonds is 3. The predicted octanol–water partition coefficient (Wildman–Crippen LogP) is 10.7. The summed E-state index contributed by atoms with van der Waals surface area (Å²) >= 11 is 0. The van der Waals surface area contributed by atoms with Crippen LogP contribution in [0.25, 0.3) is 66.1 Å². The topological polar surface area (TPSA) is 26.0 Å². The van der Waals surface area contributed by atoms with Gasteiger partial charge in [0.1, 0.15) is 0 Å². The Labute approximate surface area is 259 Å². The highest BCUT2D eigenvalue weighted by molar-refractivity contribution is 6.28. The van der Waals surface area contributed by atoms with E-state index in [-0.39, 0.29) is 0 Å². The third-order valence-corrected chi connectivity index (χ3v) is 9.28. The van der Waals surface area contributed by atoms with Gasteiger partial charge in [-0.05, 0) is 66.2 Å². The van der Waals surface area contributed by atoms with Gasteiger partial charge in [0, 0.05) is 50.9 Å². The first-order valence-corrected chi connectivity index (χ1v) is 15.3. The van der Waals surface area contributed by atoms with Crippen LogP contribution in [0.5, 0.6) is 0 Å². The Morgan fingerprint density at radius 3 is 2.02 bits per heavy atom. The van der Waals surface area contributed by atoms with E-state index < -0.39 is 0 Å². The fourth-order valence-corrected chi connectivity index (χ4v) is 7.47. The number of para-hydroxylation sites is 5. The van der Waals surface area contributed by atoms with Crippen molar-refractivity contribution in [2.45, 2.75) is 0 Å². The Morgan fingerprint density at radius 2 is 1.13 bits per heavy atom. The molecule has 9 aromatic rings. The van der Waals surface area contributed by atoms with E-state index in [0.717, 1.165) is 22.5 Å². The van der Waals surface area contributed by atoms with Crippen LogP contribution in [0.4, 0.5) is 17.1 Å². The average molecular weight is 575 g/mol. The van der Waals surface area contributed by atoms with Crippen LogP contribution in [-0.4, -0.2) is 14.1 Å². The molecule has 0 radical (unpaired) electrons. The number of pyridine rings is 1. The maximum Gasteiger partial charge on any atom is 0.0783 e. The predicted molar refractivity (Wildman–Crippen MR) is 187 cm³/mol. The van der Waals surface area contributed by atoms with Gasteiger partial charge >= 0.3 is 0 Å². The zero-order chi connectivity index (χ0) is 29.5. The summed E-state index contributed by atoms with van der Waals surface area (Å²) in [5.41, 5.74) is 13.0. The summed E-state index contributed by atoms with van der Waals surface area (Å²) < 4.78 is 4.93. The molecular weight excluding hydrogens is 548 g/mol. The number of anilines is 3. The molecule has 0 fully saturated rings. The van der Waals surface area contributed by atoms with E-state index in [1.807, 2.05) is 18.5 Å². The van der Waals surface area contributed by atoms with Gasteiger partial charge in [-0.1, -0.05) is 84.9 Å². The Bertz CT molecular complexity index is 2590. The molecule has 0 N–H and O–H groups in total. The lowest BCUT2D eigenvalue weighted by atomic mass is 10.1. The molecule has 0 atom stereocenters. The van der Waals surface area contributed by atoms with E-state index in [1.54, 1.807) is 0 Å². The maximum absolute atomic E-state index is 4.37. The van der Waals surface area contributed by atoms with Gasteiger partial charge in [-0.3, -0.25) is 4.98 Å². The minimum absolute atomic E-state index is 1.11. The lowest BCUT2D eigenvalue weighted by Crippen LogP contribution is -2.17. The molecule has 45 heavy (non-hydrogen) atoms. The number of hydrogen-bond acceptors (Lipinski definition) is 2. The third-order valence-electron chi connectivity index (χ3n) is 9.28. The summed E-state index contributed by atoms with van der Waals surface area (Å²) in [6.45, 7) is 0. The van der Waals surface area contributed by atoms with E-state index in [0.29, 0.717) is 0 Å². The summed E-state index contributed by atoms with van der Waals surface area (Å²) in [6.07, 6.45) is 3.75. The molecule has 3 aromatic heterocycles. The van der Waals surface area contributed by atoms with Crippen molar-refractivity contribution in [2.75, 3.05) is 4.90 Å². The van der Waals surface area contributed by atoms with Crippen LogP contribution in [0.15, 0.2) is 158 Å². The second-order valence-electron chi connectivity index (χ2n) is 11.7. The quantitative estimate of drug-likeness (QED) is 0.210. The zero-order valence-electron chi connectivity index (χ0n) is 24.3. The van der Waals surface area contributed by atoms with E-state index >= 15 is 0 Å². The van der Waals surface area contributed by atoms with Gasteiger partial charge in [-0.25, -0.2) is 0 Å². The first kappa shape index (κ1) is 24.3. The minimum atomic E-state index is 1.11. The molecule has 1 aliphatic rings. The van der Waals surface area contributed by atoms with Crippen LogP contribution in [-0.2, 0) is 0 Å². The fraction of sp³-hybridized carbons (Fsp3) is 0. The highest BCUT2D eigenvalue weighted by Gasteiger charge is 2.30. The highest BCUT2D eigenvalue weighted by atomic mass is 15.2. The van der Waals surface area contributed by atoms with Gasteiger partial charge in [0.15, 0.2) is 0 Å². The second kappa shape index (κ2) is 9.18. The molecule has 0 saturated heterocycles. The first-order valence-electron chi connectivity index (χ1n) is 15.3. The molecule has 0 bridgehead atoms. The van der Waals surface area contributed by atoms with Crippen molar-refractivity contribution in [3.05, 3.63) is 158 Å². The van der Waals surface area contributed by atoms with Crippen LogP contribution >= 0.6 is 0 Å². The number of fused-ring (bicyclic) bond motifs is 9. The summed E-state index contributed by atoms with van der Waals surface area (Å²) in [5.74, 6) is 0. The number of benzene rings is 6. The van der Waals surface area contributed by atoms with Gasteiger partial charge in [0.25, 0.3) is 0 Å². The van der Waals surface area contributed by atoms with Crippen molar-refractivity contribution in [1.82, 2.24) is 14.1 Å². The summed E-state index contributed by atoms with van der Waals surface area (Å²) in [4.78, 5) is 6.77. The van der Waals surface area contributed by atoms with Gasteiger partial charge in [0.05, 0.1) is 39.1 Å². The van der Waals surface area contributed by atoms with Crippen molar-refractivity contribution < 1.29 is 0 Å². The average Bonchev–Trinajstić information content (AvgIpc) is 3.63. The SMILES string of the molecule is c1ccc(N2c3ccccc3-n3c4c2cccc4c2ccc4c(c5ccccc5n4-c4cccc(-c5cccnc5)c4)c23)cc1. The Morgan fingerprint density at radius 1 is 0.422 bits per heavy atom. The molecule has 4 heterocycles. The fourth-order valence-electron chi connectivity index (χ4n) is 7.47. The van der Waals surface area contributed by atoms with Crippen molar-refractivity contribution in [3.63, 3.8) is 0 Å². The van der Waals surface area contributed by atoms with Crippen LogP contribution in [0, 0.1) is 0 Å². The summed E-state index contributed by atoms with van der Waals surface area (Å²) in [6, 6.07) is 52.6. The maximum atomic E-state index is 4.37. The zero-order valence-corrected chi connectivity index (χ0v) is 24.3. The Kier molecular flexibility index (Phi) is 4.96. The van der Waals surface area contributed by atoms with Crippen molar-refractivity contribution in [1.29, 1.82) is 0 Å². The van der Waals surface area contributed by atoms with Crippen LogP contribution in [0.1, 0.15) is 0 Å². The third kappa shape index (κ3) is 3.34. The van der Waals surface area contributed by atoms with Gasteiger partial charge in [0.2, 0.25) is 0 Å². The largest absolute Gasteiger partial charge is 0.309 e.